The van der Waals surface area contributed by atoms with Gasteiger partial charge < -0.3 is 14.8 Å². The molecule has 1 N–H and O–H groups in total. The normalized spacial score (nSPS) is 10.6. The van der Waals surface area contributed by atoms with E-state index in [-0.39, 0.29) is 12.3 Å². The second-order valence-electron chi connectivity index (χ2n) is 4.41. The van der Waals surface area contributed by atoms with E-state index >= 15 is 0 Å². The van der Waals surface area contributed by atoms with Crippen LogP contribution in [0.25, 0.3) is 0 Å². The molecule has 0 heterocycles. The molecule has 2 aromatic carbocycles. The molecule has 0 atom stereocenters. The molecular formula is C16H16F3NO2. The second kappa shape index (κ2) is 7.59. The number of para-hydroxylation sites is 1. The molecule has 118 valence electrons. The molecule has 0 spiro atoms. The van der Waals surface area contributed by atoms with Crippen LogP contribution in [0.15, 0.2) is 42.5 Å². The van der Waals surface area contributed by atoms with Gasteiger partial charge in [0.2, 0.25) is 0 Å². The molecule has 0 bridgehead atoms. The Morgan fingerprint density at radius 3 is 2.59 bits per heavy atom. The number of benzene rings is 2. The van der Waals surface area contributed by atoms with Gasteiger partial charge in [0.15, 0.2) is 0 Å². The summed E-state index contributed by atoms with van der Waals surface area (Å²) in [4.78, 5) is 0. The molecule has 0 unspecified atom stereocenters. The number of rotatable bonds is 7. The van der Waals surface area contributed by atoms with E-state index in [1.807, 2.05) is 0 Å². The highest BCUT2D eigenvalue weighted by molar-refractivity contribution is 5.57. The first-order valence-corrected chi connectivity index (χ1v) is 6.79. The SMILES string of the molecule is CCOc1cc(F)ccc1NCc1ccccc1OC(F)F. The maximum Gasteiger partial charge on any atom is 0.387 e. The molecule has 0 amide bonds. The summed E-state index contributed by atoms with van der Waals surface area (Å²) in [6, 6.07) is 10.6. The lowest BCUT2D eigenvalue weighted by molar-refractivity contribution is -0.0504. The summed E-state index contributed by atoms with van der Waals surface area (Å²) in [6.07, 6.45) is 0. The van der Waals surface area contributed by atoms with E-state index in [1.165, 1.54) is 24.3 Å². The molecule has 0 saturated carbocycles. The van der Waals surface area contributed by atoms with E-state index in [0.717, 1.165) is 0 Å². The predicted octanol–water partition coefficient (Wildman–Crippen LogP) is 4.44. The number of hydrogen-bond acceptors (Lipinski definition) is 3. The van der Waals surface area contributed by atoms with Crippen LogP contribution in [0.5, 0.6) is 11.5 Å². The number of hydrogen-bond donors (Lipinski definition) is 1. The van der Waals surface area contributed by atoms with Crippen LogP contribution >= 0.6 is 0 Å². The summed E-state index contributed by atoms with van der Waals surface area (Å²) in [7, 11) is 0. The van der Waals surface area contributed by atoms with E-state index in [4.69, 9.17) is 4.74 Å². The minimum atomic E-state index is -2.88. The Kier molecular flexibility index (Phi) is 5.52. The minimum absolute atomic E-state index is 0.102. The van der Waals surface area contributed by atoms with Crippen LogP contribution in [0.4, 0.5) is 18.9 Å². The van der Waals surface area contributed by atoms with Crippen LogP contribution in [0.1, 0.15) is 12.5 Å². The van der Waals surface area contributed by atoms with Gasteiger partial charge >= 0.3 is 6.61 Å². The molecule has 0 radical (unpaired) electrons. The van der Waals surface area contributed by atoms with E-state index < -0.39 is 12.4 Å². The first kappa shape index (κ1) is 16.0. The number of nitrogens with one attached hydrogen (secondary N) is 1. The van der Waals surface area contributed by atoms with Crippen molar-refractivity contribution in [3.63, 3.8) is 0 Å². The molecule has 0 saturated heterocycles. The summed E-state index contributed by atoms with van der Waals surface area (Å²) in [5.41, 5.74) is 1.14. The molecule has 0 aliphatic rings. The van der Waals surface area contributed by atoms with Crippen LogP contribution in [-0.4, -0.2) is 13.2 Å². The van der Waals surface area contributed by atoms with Gasteiger partial charge in [-0.2, -0.15) is 8.78 Å². The number of halogens is 3. The quantitative estimate of drug-likeness (QED) is 0.820. The molecule has 0 aromatic heterocycles. The Labute approximate surface area is 126 Å². The van der Waals surface area contributed by atoms with Crippen molar-refractivity contribution < 1.29 is 22.6 Å². The lowest BCUT2D eigenvalue weighted by Crippen LogP contribution is -2.08. The average Bonchev–Trinajstić information content (AvgIpc) is 2.47. The maximum absolute atomic E-state index is 13.2. The van der Waals surface area contributed by atoms with Gasteiger partial charge in [-0.15, -0.1) is 0 Å². The predicted molar refractivity (Wildman–Crippen MR) is 78.0 cm³/mol. The smallest absolute Gasteiger partial charge is 0.387 e. The lowest BCUT2D eigenvalue weighted by atomic mass is 10.2. The lowest BCUT2D eigenvalue weighted by Gasteiger charge is -2.14. The Morgan fingerprint density at radius 1 is 1.09 bits per heavy atom. The zero-order valence-electron chi connectivity index (χ0n) is 12.0. The highest BCUT2D eigenvalue weighted by atomic mass is 19.3. The fourth-order valence-corrected chi connectivity index (χ4v) is 1.97. The van der Waals surface area contributed by atoms with Crippen LogP contribution < -0.4 is 14.8 Å². The van der Waals surface area contributed by atoms with Crippen molar-refractivity contribution in [3.8, 4) is 11.5 Å². The van der Waals surface area contributed by atoms with E-state index in [0.29, 0.717) is 23.6 Å². The fourth-order valence-electron chi connectivity index (χ4n) is 1.97. The van der Waals surface area contributed by atoms with Gasteiger partial charge in [-0.25, -0.2) is 4.39 Å². The number of anilines is 1. The molecule has 22 heavy (non-hydrogen) atoms. The average molecular weight is 311 g/mol. The molecule has 2 rings (SSSR count). The van der Waals surface area contributed by atoms with Crippen molar-refractivity contribution in [2.24, 2.45) is 0 Å². The van der Waals surface area contributed by atoms with Gasteiger partial charge in [0.25, 0.3) is 0 Å². The van der Waals surface area contributed by atoms with Gasteiger partial charge in [0.1, 0.15) is 17.3 Å². The molecule has 3 nitrogen and oxygen atoms in total. The van der Waals surface area contributed by atoms with Crippen LogP contribution in [0, 0.1) is 5.82 Å². The van der Waals surface area contributed by atoms with Crippen molar-refractivity contribution in [3.05, 3.63) is 53.8 Å². The zero-order valence-corrected chi connectivity index (χ0v) is 12.0. The van der Waals surface area contributed by atoms with Gasteiger partial charge in [-0.3, -0.25) is 0 Å². The summed E-state index contributed by atoms with van der Waals surface area (Å²) >= 11 is 0. The Bertz CT molecular complexity index is 620. The summed E-state index contributed by atoms with van der Waals surface area (Å²) < 4.78 is 47.8. The number of alkyl halides is 2. The van der Waals surface area contributed by atoms with Gasteiger partial charge in [-0.05, 0) is 25.1 Å². The first-order valence-electron chi connectivity index (χ1n) is 6.79. The van der Waals surface area contributed by atoms with Crippen molar-refractivity contribution in [1.29, 1.82) is 0 Å². The highest BCUT2D eigenvalue weighted by Gasteiger charge is 2.10. The summed E-state index contributed by atoms with van der Waals surface area (Å²) in [5, 5.41) is 3.04. The van der Waals surface area contributed by atoms with Crippen LogP contribution in [-0.2, 0) is 6.54 Å². The third-order valence-electron chi connectivity index (χ3n) is 2.90. The number of ether oxygens (including phenoxy) is 2. The summed E-state index contributed by atoms with van der Waals surface area (Å²) in [5.74, 6) is 0.0651. The molecule has 0 fully saturated rings. The monoisotopic (exact) mass is 311 g/mol. The Morgan fingerprint density at radius 2 is 1.86 bits per heavy atom. The Balaban J connectivity index is 2.13. The van der Waals surface area contributed by atoms with Crippen molar-refractivity contribution in [2.75, 3.05) is 11.9 Å². The maximum atomic E-state index is 13.2. The van der Waals surface area contributed by atoms with Crippen LogP contribution in [0.2, 0.25) is 0 Å². The first-order chi connectivity index (χ1) is 10.6. The van der Waals surface area contributed by atoms with E-state index in [9.17, 15) is 13.2 Å². The molecular weight excluding hydrogens is 295 g/mol. The molecule has 0 aliphatic carbocycles. The van der Waals surface area contributed by atoms with E-state index in [1.54, 1.807) is 25.1 Å². The molecule has 0 aliphatic heterocycles. The Hall–Kier alpha value is -2.37. The summed E-state index contributed by atoms with van der Waals surface area (Å²) in [6.45, 7) is -0.455. The second-order valence-corrected chi connectivity index (χ2v) is 4.41. The molecule has 6 heteroatoms. The third kappa shape index (κ3) is 4.31. The van der Waals surface area contributed by atoms with Crippen molar-refractivity contribution in [1.82, 2.24) is 0 Å². The highest BCUT2D eigenvalue weighted by Crippen LogP contribution is 2.27. The minimum Gasteiger partial charge on any atom is -0.492 e. The van der Waals surface area contributed by atoms with Crippen molar-refractivity contribution >= 4 is 5.69 Å². The fraction of sp³-hybridized carbons (Fsp3) is 0.250. The topological polar surface area (TPSA) is 30.5 Å². The van der Waals surface area contributed by atoms with Gasteiger partial charge in [0.05, 0.1) is 12.3 Å². The third-order valence-corrected chi connectivity index (χ3v) is 2.90. The standard InChI is InChI=1S/C16H16F3NO2/c1-2-21-15-9-12(17)7-8-13(15)20-10-11-5-3-4-6-14(11)22-16(18)19/h3-9,16,20H,2,10H2,1H3. The van der Waals surface area contributed by atoms with Crippen LogP contribution in [0.3, 0.4) is 0 Å². The van der Waals surface area contributed by atoms with Gasteiger partial charge in [0, 0.05) is 18.2 Å². The zero-order chi connectivity index (χ0) is 15.9. The largest absolute Gasteiger partial charge is 0.492 e. The van der Waals surface area contributed by atoms with Crippen molar-refractivity contribution in [2.45, 2.75) is 20.1 Å². The van der Waals surface area contributed by atoms with Gasteiger partial charge in [-0.1, -0.05) is 18.2 Å². The van der Waals surface area contributed by atoms with E-state index in [2.05, 4.69) is 10.1 Å². The molecule has 2 aromatic rings.